The molecule has 2 N–H and O–H groups in total. The van der Waals surface area contributed by atoms with Crippen LogP contribution in [0.4, 0.5) is 4.79 Å². The molecule has 3 rings (SSSR count). The lowest BCUT2D eigenvalue weighted by Crippen LogP contribution is -2.38. The number of hydrogen-bond donors (Lipinski definition) is 2. The molecule has 1 fully saturated rings. The molecule has 23 heavy (non-hydrogen) atoms. The van der Waals surface area contributed by atoms with Crippen molar-refractivity contribution in [1.29, 1.82) is 0 Å². The summed E-state index contributed by atoms with van der Waals surface area (Å²) in [5.41, 5.74) is 1.98. The molecule has 1 aromatic carbocycles. The normalized spacial score (nSPS) is 18.6. The zero-order valence-corrected chi connectivity index (χ0v) is 14.1. The number of rotatable bonds is 3. The maximum absolute atomic E-state index is 12.1. The highest BCUT2D eigenvalue weighted by molar-refractivity contribution is 5.79. The number of benzene rings is 1. The maximum Gasteiger partial charge on any atom is 0.410 e. The number of amides is 1. The average molecular weight is 315 g/mol. The molecule has 0 saturated carbocycles. The maximum atomic E-state index is 12.1. The van der Waals surface area contributed by atoms with Crippen molar-refractivity contribution < 1.29 is 9.53 Å². The van der Waals surface area contributed by atoms with Crippen molar-refractivity contribution in [2.45, 2.75) is 45.4 Å². The number of carbonyl (C=O) groups excluding carboxylic acids is 1. The Bertz CT molecular complexity index is 687. The molecule has 1 aliphatic heterocycles. The Labute approximate surface area is 137 Å². The van der Waals surface area contributed by atoms with Gasteiger partial charge in [-0.25, -0.2) is 4.79 Å². The number of likely N-dealkylation sites (tertiary alicyclic amines) is 1. The summed E-state index contributed by atoms with van der Waals surface area (Å²) in [7, 11) is 0. The molecule has 5 nitrogen and oxygen atoms in total. The molecule has 0 bridgehead atoms. The van der Waals surface area contributed by atoms with E-state index in [-0.39, 0.29) is 6.09 Å². The van der Waals surface area contributed by atoms with Crippen LogP contribution in [0.1, 0.15) is 32.8 Å². The van der Waals surface area contributed by atoms with E-state index in [1.54, 1.807) is 4.90 Å². The van der Waals surface area contributed by atoms with Gasteiger partial charge in [0.25, 0.3) is 0 Å². The molecule has 2 heterocycles. The van der Waals surface area contributed by atoms with Crippen LogP contribution < -0.4 is 5.32 Å². The van der Waals surface area contributed by atoms with Crippen molar-refractivity contribution in [2.75, 3.05) is 13.1 Å². The molecule has 1 unspecified atom stereocenters. The van der Waals surface area contributed by atoms with Crippen molar-refractivity contribution in [3.63, 3.8) is 0 Å². The van der Waals surface area contributed by atoms with Crippen molar-refractivity contribution in [2.24, 2.45) is 0 Å². The van der Waals surface area contributed by atoms with Crippen LogP contribution in [0.2, 0.25) is 0 Å². The van der Waals surface area contributed by atoms with E-state index in [0.29, 0.717) is 12.6 Å². The number of aromatic nitrogens is 1. The first-order valence-electron chi connectivity index (χ1n) is 8.18. The van der Waals surface area contributed by atoms with Gasteiger partial charge in [0.05, 0.1) is 0 Å². The molecule has 1 amide bonds. The van der Waals surface area contributed by atoms with Gasteiger partial charge in [-0.15, -0.1) is 0 Å². The number of nitrogens with one attached hydrogen (secondary N) is 2. The largest absolute Gasteiger partial charge is 0.444 e. The number of aromatic amines is 1. The van der Waals surface area contributed by atoms with Crippen LogP contribution in [-0.2, 0) is 11.3 Å². The molecule has 1 atom stereocenters. The van der Waals surface area contributed by atoms with Crippen LogP contribution in [-0.4, -0.2) is 40.7 Å². The minimum Gasteiger partial charge on any atom is -0.444 e. The minimum absolute atomic E-state index is 0.212. The van der Waals surface area contributed by atoms with E-state index in [4.69, 9.17) is 4.74 Å². The topological polar surface area (TPSA) is 57.4 Å². The lowest BCUT2D eigenvalue weighted by Gasteiger charge is -2.24. The highest BCUT2D eigenvalue weighted by Gasteiger charge is 2.29. The van der Waals surface area contributed by atoms with Crippen LogP contribution >= 0.6 is 0 Å². The fourth-order valence-electron chi connectivity index (χ4n) is 2.89. The molecular weight excluding hydrogens is 290 g/mol. The first-order valence-corrected chi connectivity index (χ1v) is 8.18. The van der Waals surface area contributed by atoms with Gasteiger partial charge in [-0.1, -0.05) is 6.07 Å². The second-order valence-electron chi connectivity index (χ2n) is 7.19. The van der Waals surface area contributed by atoms with E-state index in [0.717, 1.165) is 25.0 Å². The molecule has 1 saturated heterocycles. The summed E-state index contributed by atoms with van der Waals surface area (Å²) in [6, 6.07) is 8.84. The number of nitrogens with zero attached hydrogens (tertiary/aromatic N) is 1. The SMILES string of the molecule is CC(C)(C)OC(=O)N1CCC(NCc2ccc3[nH]ccc3c2)C1. The summed E-state index contributed by atoms with van der Waals surface area (Å²) >= 11 is 0. The number of carbonyl (C=O) groups is 1. The van der Waals surface area contributed by atoms with Crippen LogP contribution in [0, 0.1) is 0 Å². The molecule has 0 aliphatic carbocycles. The highest BCUT2D eigenvalue weighted by atomic mass is 16.6. The highest BCUT2D eigenvalue weighted by Crippen LogP contribution is 2.17. The Morgan fingerprint density at radius 2 is 2.22 bits per heavy atom. The monoisotopic (exact) mass is 315 g/mol. The Hall–Kier alpha value is -2.01. The Morgan fingerprint density at radius 3 is 3.00 bits per heavy atom. The summed E-state index contributed by atoms with van der Waals surface area (Å²) in [6.45, 7) is 7.97. The Kier molecular flexibility index (Phi) is 4.31. The third-order valence-corrected chi connectivity index (χ3v) is 4.05. The van der Waals surface area contributed by atoms with Crippen molar-refractivity contribution in [1.82, 2.24) is 15.2 Å². The number of hydrogen-bond acceptors (Lipinski definition) is 3. The van der Waals surface area contributed by atoms with Gasteiger partial charge in [0.1, 0.15) is 5.60 Å². The van der Waals surface area contributed by atoms with Crippen LogP contribution in [0.15, 0.2) is 30.5 Å². The van der Waals surface area contributed by atoms with Crippen LogP contribution in [0.25, 0.3) is 10.9 Å². The first kappa shape index (κ1) is 15.9. The standard InChI is InChI=1S/C18H25N3O2/c1-18(2,3)23-17(22)21-9-7-15(12-21)20-11-13-4-5-16-14(10-13)6-8-19-16/h4-6,8,10,15,19-20H,7,9,11-12H2,1-3H3. The van der Waals surface area contributed by atoms with Crippen LogP contribution in [0.5, 0.6) is 0 Å². The van der Waals surface area contributed by atoms with Gasteiger partial charge in [-0.2, -0.15) is 0 Å². The number of H-pyrrole nitrogens is 1. The molecule has 5 heteroatoms. The van der Waals surface area contributed by atoms with Gasteiger partial charge in [0.15, 0.2) is 0 Å². The third kappa shape index (κ3) is 4.05. The summed E-state index contributed by atoms with van der Waals surface area (Å²) in [6.07, 6.45) is 2.71. The molecule has 1 aromatic heterocycles. The van der Waals surface area contributed by atoms with Crippen molar-refractivity contribution >= 4 is 17.0 Å². The summed E-state index contributed by atoms with van der Waals surface area (Å²) in [5, 5.41) is 4.77. The predicted octanol–water partition coefficient (Wildman–Crippen LogP) is 3.27. The second kappa shape index (κ2) is 6.24. The zero-order valence-electron chi connectivity index (χ0n) is 14.1. The quantitative estimate of drug-likeness (QED) is 0.914. The molecule has 1 aliphatic rings. The van der Waals surface area contributed by atoms with Gasteiger partial charge in [-0.05, 0) is 56.3 Å². The lowest BCUT2D eigenvalue weighted by molar-refractivity contribution is 0.0291. The van der Waals surface area contributed by atoms with Gasteiger partial charge in [0.2, 0.25) is 0 Å². The van der Waals surface area contributed by atoms with E-state index in [1.807, 2.05) is 27.0 Å². The van der Waals surface area contributed by atoms with E-state index >= 15 is 0 Å². The third-order valence-electron chi connectivity index (χ3n) is 4.05. The minimum atomic E-state index is -0.436. The Morgan fingerprint density at radius 1 is 1.39 bits per heavy atom. The molecule has 0 radical (unpaired) electrons. The van der Waals surface area contributed by atoms with Crippen molar-refractivity contribution in [3.05, 3.63) is 36.0 Å². The van der Waals surface area contributed by atoms with Gasteiger partial charge in [0, 0.05) is 37.4 Å². The van der Waals surface area contributed by atoms with E-state index in [2.05, 4.69) is 34.6 Å². The Balaban J connectivity index is 1.51. The summed E-state index contributed by atoms with van der Waals surface area (Å²) < 4.78 is 5.43. The van der Waals surface area contributed by atoms with Gasteiger partial charge < -0.3 is 19.9 Å². The average Bonchev–Trinajstić information content (AvgIpc) is 3.12. The van der Waals surface area contributed by atoms with Gasteiger partial charge >= 0.3 is 6.09 Å². The van der Waals surface area contributed by atoms with Gasteiger partial charge in [-0.3, -0.25) is 0 Å². The fraction of sp³-hybridized carbons (Fsp3) is 0.500. The smallest absolute Gasteiger partial charge is 0.410 e. The first-order chi connectivity index (χ1) is 10.9. The second-order valence-corrected chi connectivity index (χ2v) is 7.19. The number of fused-ring (bicyclic) bond motifs is 1. The molecule has 0 spiro atoms. The van der Waals surface area contributed by atoms with E-state index in [9.17, 15) is 4.79 Å². The van der Waals surface area contributed by atoms with Crippen molar-refractivity contribution in [3.8, 4) is 0 Å². The number of ether oxygens (including phenoxy) is 1. The molecular formula is C18H25N3O2. The fourth-order valence-corrected chi connectivity index (χ4v) is 2.89. The molecule has 124 valence electrons. The summed E-state index contributed by atoms with van der Waals surface area (Å²) in [5.74, 6) is 0. The molecule has 2 aromatic rings. The lowest BCUT2D eigenvalue weighted by atomic mass is 10.1. The van der Waals surface area contributed by atoms with E-state index < -0.39 is 5.60 Å². The predicted molar refractivity (Wildman–Crippen MR) is 91.4 cm³/mol. The van der Waals surface area contributed by atoms with Crippen LogP contribution in [0.3, 0.4) is 0 Å². The zero-order chi connectivity index (χ0) is 16.4. The van der Waals surface area contributed by atoms with E-state index in [1.165, 1.54) is 10.9 Å². The summed E-state index contributed by atoms with van der Waals surface area (Å²) in [4.78, 5) is 17.1.